The van der Waals surface area contributed by atoms with Crippen LogP contribution in [0.2, 0.25) is 0 Å². The first kappa shape index (κ1) is 23.5. The Morgan fingerprint density at radius 3 is 2.46 bits per heavy atom. The number of aliphatic hydroxyl groups is 1. The lowest BCUT2D eigenvalue weighted by atomic mass is 9.93. The summed E-state index contributed by atoms with van der Waals surface area (Å²) in [6, 6.07) is 15.5. The third kappa shape index (κ3) is 5.88. The highest BCUT2D eigenvalue weighted by Gasteiger charge is 2.30. The van der Waals surface area contributed by atoms with Gasteiger partial charge in [0.05, 0.1) is 27.6 Å². The summed E-state index contributed by atoms with van der Waals surface area (Å²) >= 11 is 1.14. The topological polar surface area (TPSA) is 83.0 Å². The molecule has 3 N–H and O–H groups in total. The highest BCUT2D eigenvalue weighted by atomic mass is 32.1. The van der Waals surface area contributed by atoms with E-state index in [2.05, 4.69) is 20.6 Å². The van der Waals surface area contributed by atoms with Crippen molar-refractivity contribution in [2.45, 2.75) is 50.4 Å². The van der Waals surface area contributed by atoms with Gasteiger partial charge in [0, 0.05) is 18.5 Å². The first-order valence-corrected chi connectivity index (χ1v) is 12.2. The second-order valence-corrected chi connectivity index (χ2v) is 9.74. The van der Waals surface area contributed by atoms with Gasteiger partial charge < -0.3 is 15.7 Å². The van der Waals surface area contributed by atoms with Crippen molar-refractivity contribution in [3.05, 3.63) is 71.4 Å². The molecule has 1 aliphatic carbocycles. The normalized spacial score (nSPS) is 18.5. The van der Waals surface area contributed by atoms with Crippen LogP contribution in [0.1, 0.15) is 42.5 Å². The molecule has 0 aliphatic heterocycles. The molecule has 0 saturated heterocycles. The van der Waals surface area contributed by atoms with Gasteiger partial charge in [-0.3, -0.25) is 0 Å². The van der Waals surface area contributed by atoms with Crippen molar-refractivity contribution >= 4 is 38.5 Å². The Bertz CT molecular complexity index is 1300. The molecule has 1 aliphatic rings. The van der Waals surface area contributed by atoms with Crippen LogP contribution >= 0.6 is 11.3 Å². The molecule has 4 aromatic rings. The van der Waals surface area contributed by atoms with Gasteiger partial charge >= 0.3 is 6.18 Å². The van der Waals surface area contributed by atoms with Gasteiger partial charge in [-0.05, 0) is 49.4 Å². The zero-order valence-corrected chi connectivity index (χ0v) is 19.5. The summed E-state index contributed by atoms with van der Waals surface area (Å²) in [5, 5.41) is 16.8. The van der Waals surface area contributed by atoms with E-state index in [0.717, 1.165) is 60.4 Å². The second kappa shape index (κ2) is 9.79. The minimum Gasteiger partial charge on any atom is -0.393 e. The Morgan fingerprint density at radius 1 is 0.943 bits per heavy atom. The van der Waals surface area contributed by atoms with Crippen molar-refractivity contribution in [3.8, 4) is 0 Å². The zero-order chi connectivity index (χ0) is 24.4. The molecular formula is C25H24F3N5OS. The third-order valence-corrected chi connectivity index (χ3v) is 6.92. The molecule has 0 spiro atoms. The molecule has 2 aromatic carbocycles. The molecular weight excluding hydrogens is 475 g/mol. The maximum atomic E-state index is 13.1. The summed E-state index contributed by atoms with van der Waals surface area (Å²) in [5.41, 5.74) is 1.69. The average Bonchev–Trinajstić information content (AvgIpc) is 3.22. The molecule has 35 heavy (non-hydrogen) atoms. The number of anilines is 3. The summed E-state index contributed by atoms with van der Waals surface area (Å²) in [5.74, 6) is 0.988. The third-order valence-electron chi connectivity index (χ3n) is 5.99. The van der Waals surface area contributed by atoms with Gasteiger partial charge in [0.15, 0.2) is 5.13 Å². The second-order valence-electron chi connectivity index (χ2n) is 8.70. The summed E-state index contributed by atoms with van der Waals surface area (Å²) in [4.78, 5) is 13.7. The lowest BCUT2D eigenvalue weighted by molar-refractivity contribution is -0.137. The monoisotopic (exact) mass is 499 g/mol. The van der Waals surface area contributed by atoms with Gasteiger partial charge in [-0.25, -0.2) is 9.97 Å². The Labute approximate surface area is 204 Å². The number of thiazole rings is 1. The summed E-state index contributed by atoms with van der Waals surface area (Å²) in [6.07, 6.45) is -0.931. The van der Waals surface area contributed by atoms with Gasteiger partial charge in [-0.15, -0.1) is 0 Å². The number of hydrogen-bond acceptors (Lipinski definition) is 7. The maximum Gasteiger partial charge on any atom is 0.416 e. The van der Waals surface area contributed by atoms with Crippen LogP contribution in [0.25, 0.3) is 10.2 Å². The lowest BCUT2D eigenvalue weighted by Gasteiger charge is -2.26. The first-order valence-electron chi connectivity index (χ1n) is 11.4. The van der Waals surface area contributed by atoms with Crippen LogP contribution in [-0.2, 0) is 12.6 Å². The molecule has 2 heterocycles. The molecule has 0 amide bonds. The Morgan fingerprint density at radius 2 is 1.71 bits per heavy atom. The fourth-order valence-corrected chi connectivity index (χ4v) is 5.10. The van der Waals surface area contributed by atoms with E-state index in [1.165, 1.54) is 6.07 Å². The van der Waals surface area contributed by atoms with E-state index in [9.17, 15) is 18.3 Å². The van der Waals surface area contributed by atoms with Crippen LogP contribution in [0.4, 0.5) is 30.1 Å². The minimum absolute atomic E-state index is 0.168. The van der Waals surface area contributed by atoms with Gasteiger partial charge in [-0.1, -0.05) is 41.7 Å². The number of benzene rings is 2. The fraction of sp³-hybridized carbons (Fsp3) is 0.320. The van der Waals surface area contributed by atoms with E-state index in [1.807, 2.05) is 36.4 Å². The molecule has 5 rings (SSSR count). The molecule has 0 unspecified atom stereocenters. The smallest absolute Gasteiger partial charge is 0.393 e. The number of aromatic nitrogens is 3. The molecule has 182 valence electrons. The number of aliphatic hydroxyl groups excluding tert-OH is 1. The van der Waals surface area contributed by atoms with Crippen molar-refractivity contribution in [1.29, 1.82) is 0 Å². The maximum absolute atomic E-state index is 13.1. The highest BCUT2D eigenvalue weighted by Crippen LogP contribution is 2.35. The lowest BCUT2D eigenvalue weighted by Crippen LogP contribution is -2.29. The van der Waals surface area contributed by atoms with Gasteiger partial charge in [0.2, 0.25) is 5.95 Å². The van der Waals surface area contributed by atoms with Crippen LogP contribution < -0.4 is 10.6 Å². The van der Waals surface area contributed by atoms with Gasteiger partial charge in [0.25, 0.3) is 0 Å². The summed E-state index contributed by atoms with van der Waals surface area (Å²) in [7, 11) is 0. The van der Waals surface area contributed by atoms with Crippen LogP contribution in [0, 0.1) is 0 Å². The van der Waals surface area contributed by atoms with E-state index >= 15 is 0 Å². The average molecular weight is 500 g/mol. The first-order chi connectivity index (χ1) is 16.8. The number of nitrogens with one attached hydrogen (secondary N) is 2. The van der Waals surface area contributed by atoms with Crippen molar-refractivity contribution < 1.29 is 18.3 Å². The molecule has 0 radical (unpaired) electrons. The van der Waals surface area contributed by atoms with Crippen molar-refractivity contribution in [3.63, 3.8) is 0 Å². The van der Waals surface area contributed by atoms with Crippen molar-refractivity contribution in [1.82, 2.24) is 15.0 Å². The molecule has 0 bridgehead atoms. The summed E-state index contributed by atoms with van der Waals surface area (Å²) < 4.78 is 39.7. The standard InChI is InChI=1S/C25H24F3N5OS/c26-25(27,28)16-6-11-20-21(13-16)35-24(31-20)33-22-14-18(12-15-4-2-1-3-5-15)30-23(32-22)29-17-7-9-19(34)10-8-17/h1-6,11,13-14,17,19,34H,7-10,12H2,(H2,29,30,31,32,33). The highest BCUT2D eigenvalue weighted by molar-refractivity contribution is 7.22. The number of fused-ring (bicyclic) bond motifs is 1. The minimum atomic E-state index is -4.40. The SMILES string of the molecule is OC1CCC(Nc2nc(Cc3ccccc3)cc(Nc3nc4ccc(C(F)(F)F)cc4s3)n2)CC1. The molecule has 10 heteroatoms. The molecule has 1 saturated carbocycles. The van der Waals surface area contributed by atoms with E-state index in [-0.39, 0.29) is 12.1 Å². The molecule has 6 nitrogen and oxygen atoms in total. The quantitative estimate of drug-likeness (QED) is 0.295. The predicted molar refractivity (Wildman–Crippen MR) is 131 cm³/mol. The number of nitrogens with zero attached hydrogens (tertiary/aromatic N) is 3. The Hall–Kier alpha value is -3.24. The van der Waals surface area contributed by atoms with Crippen molar-refractivity contribution in [2.24, 2.45) is 0 Å². The van der Waals surface area contributed by atoms with Crippen LogP contribution in [-0.4, -0.2) is 32.2 Å². The number of halogens is 3. The molecule has 2 aromatic heterocycles. The van der Waals surface area contributed by atoms with Crippen molar-refractivity contribution in [2.75, 3.05) is 10.6 Å². The molecule has 0 atom stereocenters. The van der Waals surface area contributed by atoms with E-state index < -0.39 is 11.7 Å². The Kier molecular flexibility index (Phi) is 6.57. The van der Waals surface area contributed by atoms with E-state index in [1.54, 1.807) is 0 Å². The van der Waals surface area contributed by atoms with Crippen LogP contribution in [0.5, 0.6) is 0 Å². The summed E-state index contributed by atoms with van der Waals surface area (Å²) in [6.45, 7) is 0. The number of alkyl halides is 3. The van der Waals surface area contributed by atoms with Crippen LogP contribution in [0.15, 0.2) is 54.6 Å². The zero-order valence-electron chi connectivity index (χ0n) is 18.7. The van der Waals surface area contributed by atoms with E-state index in [4.69, 9.17) is 4.98 Å². The van der Waals surface area contributed by atoms with Gasteiger partial charge in [0.1, 0.15) is 5.82 Å². The van der Waals surface area contributed by atoms with Crippen LogP contribution in [0.3, 0.4) is 0 Å². The fourth-order valence-electron chi connectivity index (χ4n) is 4.19. The van der Waals surface area contributed by atoms with E-state index in [0.29, 0.717) is 33.5 Å². The van der Waals surface area contributed by atoms with Gasteiger partial charge in [-0.2, -0.15) is 18.2 Å². The number of hydrogen-bond donors (Lipinski definition) is 3. The Balaban J connectivity index is 1.42. The molecule has 1 fully saturated rings. The predicted octanol–water partition coefficient (Wildman–Crippen LogP) is 6.15. The largest absolute Gasteiger partial charge is 0.416 e. The number of rotatable bonds is 6.